The van der Waals surface area contributed by atoms with Gasteiger partial charge in [0.2, 0.25) is 0 Å². The predicted octanol–water partition coefficient (Wildman–Crippen LogP) is 12.8. The van der Waals surface area contributed by atoms with Crippen molar-refractivity contribution in [1.82, 2.24) is 0 Å². The smallest absolute Gasteiger partial charge is 0.306 e. The van der Waals surface area contributed by atoms with Crippen molar-refractivity contribution in [2.24, 2.45) is 0 Å². The second-order valence-corrected chi connectivity index (χ2v) is 17.8. The minimum atomic E-state index is -4.63. The van der Waals surface area contributed by atoms with Crippen LogP contribution in [-0.2, 0) is 32.7 Å². The summed E-state index contributed by atoms with van der Waals surface area (Å²) in [6, 6.07) is 0. The Bertz CT molecular complexity index is 1230. The largest absolute Gasteiger partial charge is 0.756 e. The lowest BCUT2D eigenvalue weighted by Gasteiger charge is -2.28. The first-order valence-corrected chi connectivity index (χ1v) is 24.6. The molecule has 340 valence electrons. The minimum absolute atomic E-state index is 0.0379. The molecule has 0 saturated heterocycles. The molecule has 9 nitrogen and oxygen atoms in total. The molecule has 0 N–H and O–H groups in total. The summed E-state index contributed by atoms with van der Waals surface area (Å²) in [5, 5.41) is 0. The van der Waals surface area contributed by atoms with Crippen molar-refractivity contribution < 1.29 is 42.1 Å². The van der Waals surface area contributed by atoms with Crippen LogP contribution in [0.15, 0.2) is 72.9 Å². The van der Waals surface area contributed by atoms with Crippen molar-refractivity contribution in [1.29, 1.82) is 0 Å². The van der Waals surface area contributed by atoms with E-state index < -0.39 is 32.5 Å². The molecule has 0 aliphatic heterocycles. The van der Waals surface area contributed by atoms with Gasteiger partial charge in [-0.1, -0.05) is 151 Å². The Morgan fingerprint density at radius 3 is 1.46 bits per heavy atom. The van der Waals surface area contributed by atoms with E-state index in [1.807, 2.05) is 21.1 Å². The van der Waals surface area contributed by atoms with Crippen molar-refractivity contribution in [3.05, 3.63) is 72.9 Å². The fourth-order valence-electron chi connectivity index (χ4n) is 5.85. The number of carbonyl (C=O) groups is 2. The quantitative estimate of drug-likeness (QED) is 0.0197. The Kier molecular flexibility index (Phi) is 39.1. The van der Waals surface area contributed by atoms with Crippen LogP contribution in [0.1, 0.15) is 174 Å². The van der Waals surface area contributed by atoms with E-state index in [-0.39, 0.29) is 26.1 Å². The van der Waals surface area contributed by atoms with Crippen molar-refractivity contribution in [3.8, 4) is 0 Å². The molecule has 0 aliphatic carbocycles. The van der Waals surface area contributed by atoms with E-state index in [1.54, 1.807) is 0 Å². The zero-order valence-corrected chi connectivity index (χ0v) is 39.1. The SMILES string of the molecule is CC/C=C\C/C=C\C/C=C\C/C=C\C/C=C\CCCCCCCCCC(=O)OC(COC(=O)CCCCCCC/C=C\CCCCC)COP(=O)([O-])OCC[N+](C)(C)C. The fraction of sp³-hybridized carbons (Fsp3) is 0.714. The molecule has 10 heteroatoms. The van der Waals surface area contributed by atoms with E-state index in [0.717, 1.165) is 96.3 Å². The fourth-order valence-corrected chi connectivity index (χ4v) is 6.58. The van der Waals surface area contributed by atoms with Crippen LogP contribution in [0.2, 0.25) is 0 Å². The summed E-state index contributed by atoms with van der Waals surface area (Å²) in [6.07, 6.45) is 50.7. The molecule has 0 saturated carbocycles. The Morgan fingerprint density at radius 2 is 0.966 bits per heavy atom. The van der Waals surface area contributed by atoms with Crippen molar-refractivity contribution in [2.45, 2.75) is 180 Å². The average Bonchev–Trinajstić information content (AvgIpc) is 3.19. The number of ether oxygens (including phenoxy) is 2. The number of rotatable bonds is 41. The Hall–Kier alpha value is -2.55. The predicted molar refractivity (Wildman–Crippen MR) is 245 cm³/mol. The molecule has 0 radical (unpaired) electrons. The maximum absolute atomic E-state index is 12.7. The van der Waals surface area contributed by atoms with Gasteiger partial charge in [0.25, 0.3) is 7.82 Å². The molecule has 0 rings (SSSR count). The maximum atomic E-state index is 12.7. The zero-order chi connectivity index (χ0) is 43.6. The number of likely N-dealkylation sites (N-methyl/N-ethyl adjacent to an activating group) is 1. The van der Waals surface area contributed by atoms with Crippen molar-refractivity contribution >= 4 is 19.8 Å². The number of phosphoric ester groups is 1. The van der Waals surface area contributed by atoms with E-state index in [2.05, 4.69) is 86.8 Å². The number of esters is 2. The molecular weight excluding hydrogens is 762 g/mol. The second-order valence-electron chi connectivity index (χ2n) is 16.4. The molecule has 0 aromatic heterocycles. The van der Waals surface area contributed by atoms with Gasteiger partial charge in [-0.25, -0.2) is 0 Å². The molecule has 0 heterocycles. The lowest BCUT2D eigenvalue weighted by molar-refractivity contribution is -0.870. The van der Waals surface area contributed by atoms with E-state index >= 15 is 0 Å². The summed E-state index contributed by atoms with van der Waals surface area (Å²) < 4.78 is 33.9. The number of quaternary nitrogens is 1. The van der Waals surface area contributed by atoms with Gasteiger partial charge in [-0.05, 0) is 83.5 Å². The number of nitrogens with zero attached hydrogens (tertiary/aromatic N) is 1. The van der Waals surface area contributed by atoms with Gasteiger partial charge >= 0.3 is 11.9 Å². The van der Waals surface area contributed by atoms with Gasteiger partial charge in [0.1, 0.15) is 19.8 Å². The number of unbranched alkanes of at least 4 members (excludes halogenated alkanes) is 15. The summed E-state index contributed by atoms with van der Waals surface area (Å²) in [7, 11) is 1.14. The zero-order valence-electron chi connectivity index (χ0n) is 38.2. The molecule has 0 aliphatic rings. The normalized spacial score (nSPS) is 14.2. The summed E-state index contributed by atoms with van der Waals surface area (Å²) in [6.45, 7) is 4.05. The van der Waals surface area contributed by atoms with Gasteiger partial charge < -0.3 is 27.9 Å². The summed E-state index contributed by atoms with van der Waals surface area (Å²) in [5.74, 6) is -0.863. The van der Waals surface area contributed by atoms with E-state index in [4.69, 9.17) is 18.5 Å². The molecule has 2 unspecified atom stereocenters. The summed E-state index contributed by atoms with van der Waals surface area (Å²) >= 11 is 0. The lowest BCUT2D eigenvalue weighted by Crippen LogP contribution is -2.37. The van der Waals surface area contributed by atoms with Gasteiger partial charge in [0, 0.05) is 12.8 Å². The van der Waals surface area contributed by atoms with Gasteiger partial charge in [0.05, 0.1) is 27.7 Å². The lowest BCUT2D eigenvalue weighted by atomic mass is 10.1. The molecular formula is C49H86NO8P. The second kappa shape index (κ2) is 40.8. The first-order valence-electron chi connectivity index (χ1n) is 23.1. The Morgan fingerprint density at radius 1 is 0.542 bits per heavy atom. The third-order valence-electron chi connectivity index (χ3n) is 9.46. The maximum Gasteiger partial charge on any atom is 0.306 e. The highest BCUT2D eigenvalue weighted by atomic mass is 31.2. The number of hydrogen-bond acceptors (Lipinski definition) is 8. The third-order valence-corrected chi connectivity index (χ3v) is 10.4. The Balaban J connectivity index is 4.33. The van der Waals surface area contributed by atoms with Gasteiger partial charge in [-0.2, -0.15) is 0 Å². The van der Waals surface area contributed by atoms with Crippen LogP contribution in [0.25, 0.3) is 0 Å². The number of allylic oxidation sites excluding steroid dienone is 12. The third kappa shape index (κ3) is 44.8. The van der Waals surface area contributed by atoms with Crippen molar-refractivity contribution in [3.63, 3.8) is 0 Å². The summed E-state index contributed by atoms with van der Waals surface area (Å²) in [5.41, 5.74) is 0. The van der Waals surface area contributed by atoms with E-state index in [9.17, 15) is 19.0 Å². The van der Waals surface area contributed by atoms with Crippen LogP contribution in [0.3, 0.4) is 0 Å². The van der Waals surface area contributed by atoms with Crippen LogP contribution in [0, 0.1) is 0 Å². The number of phosphoric acid groups is 1. The topological polar surface area (TPSA) is 111 Å². The molecule has 2 atom stereocenters. The van der Waals surface area contributed by atoms with Gasteiger partial charge in [-0.3, -0.25) is 14.2 Å². The highest BCUT2D eigenvalue weighted by molar-refractivity contribution is 7.45. The van der Waals surface area contributed by atoms with Crippen LogP contribution in [0.5, 0.6) is 0 Å². The highest BCUT2D eigenvalue weighted by Crippen LogP contribution is 2.38. The van der Waals surface area contributed by atoms with Crippen LogP contribution < -0.4 is 4.89 Å². The number of carbonyl (C=O) groups excluding carboxylic acids is 2. The van der Waals surface area contributed by atoms with Crippen LogP contribution in [-0.4, -0.2) is 70.0 Å². The first-order chi connectivity index (χ1) is 28.5. The van der Waals surface area contributed by atoms with Crippen LogP contribution >= 0.6 is 7.82 Å². The molecule has 59 heavy (non-hydrogen) atoms. The van der Waals surface area contributed by atoms with Crippen molar-refractivity contribution in [2.75, 3.05) is 47.5 Å². The average molecular weight is 848 g/mol. The minimum Gasteiger partial charge on any atom is -0.756 e. The highest BCUT2D eigenvalue weighted by Gasteiger charge is 2.21. The molecule has 0 spiro atoms. The standard InChI is InChI=1S/C49H86NO8P/c1-6-8-10-12-14-16-18-20-21-22-23-24-25-26-27-28-29-30-32-34-36-38-40-42-49(52)58-47(46-57-59(53,54)56-44-43-50(3,4)5)45-55-48(51)41-39-37-35-33-31-19-17-15-13-11-9-7-2/h8,10,14-17,20-21,23-24,26-27,47H,6-7,9,11-13,18-19,22,25,28-46H2,1-5H3/b10-8-,16-14-,17-15-,21-20-,24-23-,27-26-. The number of hydrogen-bond donors (Lipinski definition) is 0. The van der Waals surface area contributed by atoms with Gasteiger partial charge in [0.15, 0.2) is 6.10 Å². The molecule has 0 aromatic rings. The molecule has 0 bridgehead atoms. The first kappa shape index (κ1) is 56.5. The van der Waals surface area contributed by atoms with Crippen LogP contribution in [0.4, 0.5) is 0 Å². The molecule has 0 amide bonds. The summed E-state index contributed by atoms with van der Waals surface area (Å²) in [4.78, 5) is 37.6. The van der Waals surface area contributed by atoms with Gasteiger partial charge in [-0.15, -0.1) is 0 Å². The molecule has 0 fully saturated rings. The Labute approximate surface area is 361 Å². The van der Waals surface area contributed by atoms with E-state index in [0.29, 0.717) is 23.9 Å². The van der Waals surface area contributed by atoms with E-state index in [1.165, 1.54) is 38.5 Å². The monoisotopic (exact) mass is 848 g/mol. The molecule has 0 aromatic carbocycles.